The molecule has 0 aromatic carbocycles. The predicted molar refractivity (Wildman–Crippen MR) is 83.6 cm³/mol. The van der Waals surface area contributed by atoms with Crippen molar-refractivity contribution in [2.75, 3.05) is 16.8 Å². The van der Waals surface area contributed by atoms with Crippen LogP contribution in [0.4, 0.5) is 11.6 Å². The van der Waals surface area contributed by atoms with Gasteiger partial charge in [-0.25, -0.2) is 9.97 Å². The maximum Gasteiger partial charge on any atom is 0.191 e. The Hall–Kier alpha value is -1.82. The van der Waals surface area contributed by atoms with Gasteiger partial charge in [-0.3, -0.25) is 4.98 Å². The molecule has 0 atom stereocenters. The van der Waals surface area contributed by atoms with Gasteiger partial charge in [0, 0.05) is 30.8 Å². The molecule has 2 aromatic rings. The molecule has 0 fully saturated rings. The fourth-order valence-corrected chi connectivity index (χ4v) is 2.55. The molecule has 0 aliphatic heterocycles. The maximum atomic E-state index is 5.82. The molecule has 106 valence electrons. The average molecular weight is 289 g/mol. The number of aromatic nitrogens is 3. The van der Waals surface area contributed by atoms with Gasteiger partial charge < -0.3 is 11.1 Å². The zero-order chi connectivity index (χ0) is 14.2. The minimum absolute atomic E-state index is 0.493. The number of nitrogens with zero attached hydrogens (tertiary/aromatic N) is 3. The Morgan fingerprint density at radius 2 is 2.25 bits per heavy atom. The third-order valence-corrected chi connectivity index (χ3v) is 3.58. The number of pyridine rings is 1. The van der Waals surface area contributed by atoms with Crippen LogP contribution in [-0.2, 0) is 6.54 Å². The number of nitrogens with two attached hydrogens (primary N) is 1. The lowest BCUT2D eigenvalue weighted by molar-refractivity contribution is 0.888. The van der Waals surface area contributed by atoms with Crippen LogP contribution in [0.5, 0.6) is 0 Å². The molecule has 0 aliphatic rings. The molecule has 2 rings (SSSR count). The van der Waals surface area contributed by atoms with E-state index in [1.165, 1.54) is 6.42 Å². The summed E-state index contributed by atoms with van der Waals surface area (Å²) in [5.41, 5.74) is 6.92. The van der Waals surface area contributed by atoms with Crippen molar-refractivity contribution in [3.63, 3.8) is 0 Å². The largest absolute Gasteiger partial charge is 0.383 e. The summed E-state index contributed by atoms with van der Waals surface area (Å²) in [6.07, 6.45) is 5.91. The SMILES string of the molecule is CCCCSc1nc(N)cc(NCc2cccnc2)n1. The number of rotatable bonds is 7. The van der Waals surface area contributed by atoms with Crippen molar-refractivity contribution < 1.29 is 0 Å². The maximum absolute atomic E-state index is 5.82. The molecular weight excluding hydrogens is 270 g/mol. The van der Waals surface area contributed by atoms with E-state index in [9.17, 15) is 0 Å². The van der Waals surface area contributed by atoms with Gasteiger partial charge in [0.05, 0.1) is 0 Å². The van der Waals surface area contributed by atoms with Crippen LogP contribution in [0.2, 0.25) is 0 Å². The minimum atomic E-state index is 0.493. The molecule has 0 saturated carbocycles. The first-order valence-corrected chi connectivity index (χ1v) is 7.66. The van der Waals surface area contributed by atoms with E-state index in [2.05, 4.69) is 27.2 Å². The van der Waals surface area contributed by atoms with Gasteiger partial charge in [0.1, 0.15) is 11.6 Å². The number of thioether (sulfide) groups is 1. The van der Waals surface area contributed by atoms with E-state index in [1.807, 2.05) is 18.3 Å². The van der Waals surface area contributed by atoms with Gasteiger partial charge in [-0.15, -0.1) is 0 Å². The Kier molecular flexibility index (Phi) is 5.61. The van der Waals surface area contributed by atoms with Crippen molar-refractivity contribution in [1.82, 2.24) is 15.0 Å². The van der Waals surface area contributed by atoms with E-state index < -0.39 is 0 Å². The van der Waals surface area contributed by atoms with E-state index in [0.717, 1.165) is 28.7 Å². The summed E-state index contributed by atoms with van der Waals surface area (Å²) in [6.45, 7) is 2.84. The van der Waals surface area contributed by atoms with Crippen LogP contribution in [0.25, 0.3) is 0 Å². The van der Waals surface area contributed by atoms with Gasteiger partial charge in [-0.05, 0) is 18.1 Å². The van der Waals surface area contributed by atoms with E-state index >= 15 is 0 Å². The number of hydrogen-bond acceptors (Lipinski definition) is 6. The molecule has 0 bridgehead atoms. The van der Waals surface area contributed by atoms with Crippen molar-refractivity contribution in [2.24, 2.45) is 0 Å². The average Bonchev–Trinajstić information content (AvgIpc) is 2.46. The lowest BCUT2D eigenvalue weighted by Gasteiger charge is -2.08. The molecular formula is C14H19N5S. The molecule has 20 heavy (non-hydrogen) atoms. The summed E-state index contributed by atoms with van der Waals surface area (Å²) in [5.74, 6) is 2.26. The van der Waals surface area contributed by atoms with E-state index in [1.54, 1.807) is 24.0 Å². The van der Waals surface area contributed by atoms with Crippen LogP contribution in [0.3, 0.4) is 0 Å². The third kappa shape index (κ3) is 4.70. The molecule has 6 heteroatoms. The Morgan fingerprint density at radius 1 is 1.35 bits per heavy atom. The second-order valence-corrected chi connectivity index (χ2v) is 5.44. The highest BCUT2D eigenvalue weighted by Crippen LogP contribution is 2.19. The van der Waals surface area contributed by atoms with Crippen LogP contribution in [0.15, 0.2) is 35.7 Å². The normalized spacial score (nSPS) is 10.4. The smallest absolute Gasteiger partial charge is 0.191 e. The van der Waals surface area contributed by atoms with Crippen LogP contribution in [-0.4, -0.2) is 20.7 Å². The molecule has 2 aromatic heterocycles. The Balaban J connectivity index is 1.97. The van der Waals surface area contributed by atoms with E-state index in [0.29, 0.717) is 12.4 Å². The monoisotopic (exact) mass is 289 g/mol. The molecule has 5 nitrogen and oxygen atoms in total. The van der Waals surface area contributed by atoms with Gasteiger partial charge in [0.15, 0.2) is 5.16 Å². The number of hydrogen-bond donors (Lipinski definition) is 2. The van der Waals surface area contributed by atoms with Crippen molar-refractivity contribution in [3.8, 4) is 0 Å². The van der Waals surface area contributed by atoms with Crippen molar-refractivity contribution >= 4 is 23.4 Å². The topological polar surface area (TPSA) is 76.7 Å². The number of nitrogen functional groups attached to an aromatic ring is 1. The first-order valence-electron chi connectivity index (χ1n) is 6.68. The quantitative estimate of drug-likeness (QED) is 0.463. The second-order valence-electron chi connectivity index (χ2n) is 4.38. The summed E-state index contributed by atoms with van der Waals surface area (Å²) < 4.78 is 0. The third-order valence-electron chi connectivity index (χ3n) is 2.65. The first-order chi connectivity index (χ1) is 9.78. The predicted octanol–water partition coefficient (Wildman–Crippen LogP) is 2.96. The highest BCUT2D eigenvalue weighted by atomic mass is 32.2. The summed E-state index contributed by atoms with van der Waals surface area (Å²) in [5, 5.41) is 3.98. The Morgan fingerprint density at radius 3 is 3.00 bits per heavy atom. The highest BCUT2D eigenvalue weighted by molar-refractivity contribution is 7.99. The molecule has 0 saturated heterocycles. The molecule has 0 radical (unpaired) electrons. The molecule has 0 unspecified atom stereocenters. The van der Waals surface area contributed by atoms with Gasteiger partial charge in [-0.2, -0.15) is 0 Å². The van der Waals surface area contributed by atoms with Crippen LogP contribution in [0.1, 0.15) is 25.3 Å². The van der Waals surface area contributed by atoms with Gasteiger partial charge >= 0.3 is 0 Å². The summed E-state index contributed by atoms with van der Waals surface area (Å²) >= 11 is 1.64. The van der Waals surface area contributed by atoms with Crippen LogP contribution < -0.4 is 11.1 Å². The van der Waals surface area contributed by atoms with Crippen LogP contribution >= 0.6 is 11.8 Å². The first kappa shape index (κ1) is 14.6. The molecule has 2 heterocycles. The number of nitrogens with one attached hydrogen (secondary N) is 1. The van der Waals surface area contributed by atoms with E-state index in [4.69, 9.17) is 5.73 Å². The Labute approximate surface area is 123 Å². The van der Waals surface area contributed by atoms with Crippen molar-refractivity contribution in [3.05, 3.63) is 36.2 Å². The number of unbranched alkanes of at least 4 members (excludes halogenated alkanes) is 1. The fourth-order valence-electron chi connectivity index (χ4n) is 1.60. The zero-order valence-electron chi connectivity index (χ0n) is 11.5. The lowest BCUT2D eigenvalue weighted by Crippen LogP contribution is -2.05. The molecule has 0 spiro atoms. The number of anilines is 2. The van der Waals surface area contributed by atoms with Crippen molar-refractivity contribution in [1.29, 1.82) is 0 Å². The van der Waals surface area contributed by atoms with Crippen molar-refractivity contribution in [2.45, 2.75) is 31.5 Å². The Bertz CT molecular complexity index is 532. The summed E-state index contributed by atoms with van der Waals surface area (Å²) in [4.78, 5) is 12.8. The zero-order valence-corrected chi connectivity index (χ0v) is 12.4. The van der Waals surface area contributed by atoms with Gasteiger partial charge in [0.25, 0.3) is 0 Å². The highest BCUT2D eigenvalue weighted by Gasteiger charge is 2.03. The van der Waals surface area contributed by atoms with E-state index in [-0.39, 0.29) is 0 Å². The molecule has 0 aliphatic carbocycles. The molecule has 3 N–H and O–H groups in total. The lowest BCUT2D eigenvalue weighted by atomic mass is 10.3. The van der Waals surface area contributed by atoms with Gasteiger partial charge in [0.2, 0.25) is 0 Å². The van der Waals surface area contributed by atoms with Gasteiger partial charge in [-0.1, -0.05) is 31.2 Å². The standard InChI is InChI=1S/C14H19N5S/c1-2-3-7-20-14-18-12(15)8-13(19-14)17-10-11-5-4-6-16-9-11/h4-6,8-9H,2-3,7,10H2,1H3,(H3,15,17,18,19). The second kappa shape index (κ2) is 7.69. The summed E-state index contributed by atoms with van der Waals surface area (Å²) in [6, 6.07) is 5.68. The minimum Gasteiger partial charge on any atom is -0.383 e. The summed E-state index contributed by atoms with van der Waals surface area (Å²) in [7, 11) is 0. The van der Waals surface area contributed by atoms with Crippen LogP contribution in [0, 0.1) is 0 Å². The fraction of sp³-hybridized carbons (Fsp3) is 0.357. The molecule has 0 amide bonds.